The van der Waals surface area contributed by atoms with Crippen molar-refractivity contribution < 1.29 is 13.9 Å². The molecule has 0 N–H and O–H groups in total. The molecule has 0 saturated carbocycles. The number of benzene rings is 1. The van der Waals surface area contributed by atoms with Crippen molar-refractivity contribution in [2.75, 3.05) is 7.11 Å². The van der Waals surface area contributed by atoms with Crippen molar-refractivity contribution in [3.8, 4) is 5.75 Å². The molecule has 0 aliphatic heterocycles. The SMILES string of the molecule is COc1ccccc1C(=O)Cn1c(=O)oc2cccnc21. The summed E-state index contributed by atoms with van der Waals surface area (Å²) in [6, 6.07) is 10.2. The highest BCUT2D eigenvalue weighted by molar-refractivity contribution is 5.98. The van der Waals surface area contributed by atoms with Crippen LogP contribution in [0.15, 0.2) is 51.8 Å². The van der Waals surface area contributed by atoms with Gasteiger partial charge in [0.05, 0.1) is 19.2 Å². The van der Waals surface area contributed by atoms with Gasteiger partial charge in [-0.15, -0.1) is 0 Å². The van der Waals surface area contributed by atoms with Gasteiger partial charge in [-0.1, -0.05) is 12.1 Å². The van der Waals surface area contributed by atoms with Gasteiger partial charge in [-0.3, -0.25) is 9.36 Å². The van der Waals surface area contributed by atoms with Gasteiger partial charge in [0.1, 0.15) is 5.75 Å². The normalized spacial score (nSPS) is 10.7. The predicted octanol–water partition coefficient (Wildman–Crippen LogP) is 1.88. The summed E-state index contributed by atoms with van der Waals surface area (Å²) in [6.45, 7) is -0.150. The molecule has 2 aromatic heterocycles. The van der Waals surface area contributed by atoms with Crippen molar-refractivity contribution in [2.24, 2.45) is 0 Å². The number of hydrogen-bond acceptors (Lipinski definition) is 5. The number of para-hydroxylation sites is 1. The Morgan fingerprint density at radius 2 is 2.10 bits per heavy atom. The number of pyridine rings is 1. The molecule has 0 amide bonds. The maximum atomic E-state index is 12.4. The van der Waals surface area contributed by atoms with Gasteiger partial charge < -0.3 is 9.15 Å². The van der Waals surface area contributed by atoms with E-state index in [1.54, 1.807) is 42.6 Å². The first-order valence-corrected chi connectivity index (χ1v) is 6.31. The van der Waals surface area contributed by atoms with Gasteiger partial charge >= 0.3 is 5.76 Å². The van der Waals surface area contributed by atoms with Crippen molar-refractivity contribution in [3.05, 3.63) is 58.7 Å². The number of Topliss-reactive ketones (excluding diaryl/α,β-unsaturated/α-hetero) is 1. The first kappa shape index (κ1) is 13.1. The van der Waals surface area contributed by atoms with Gasteiger partial charge in [-0.2, -0.15) is 0 Å². The lowest BCUT2D eigenvalue weighted by molar-refractivity contribution is 0.0967. The minimum absolute atomic E-state index is 0.150. The largest absolute Gasteiger partial charge is 0.496 e. The third kappa shape index (κ3) is 2.31. The third-order valence-corrected chi connectivity index (χ3v) is 3.13. The van der Waals surface area contributed by atoms with Crippen LogP contribution < -0.4 is 10.5 Å². The van der Waals surface area contributed by atoms with Crippen LogP contribution in [0.2, 0.25) is 0 Å². The number of hydrogen-bond donors (Lipinski definition) is 0. The van der Waals surface area contributed by atoms with Gasteiger partial charge in [0.25, 0.3) is 0 Å². The van der Waals surface area contributed by atoms with E-state index in [9.17, 15) is 9.59 Å². The number of ketones is 1. The molecule has 0 atom stereocenters. The zero-order chi connectivity index (χ0) is 14.8. The van der Waals surface area contributed by atoms with Gasteiger partial charge in [0.15, 0.2) is 17.0 Å². The topological polar surface area (TPSA) is 74.3 Å². The van der Waals surface area contributed by atoms with E-state index in [4.69, 9.17) is 9.15 Å². The van der Waals surface area contributed by atoms with E-state index < -0.39 is 5.76 Å². The van der Waals surface area contributed by atoms with Crippen LogP contribution in [0.5, 0.6) is 5.75 Å². The lowest BCUT2D eigenvalue weighted by Gasteiger charge is -2.07. The second-order valence-electron chi connectivity index (χ2n) is 4.40. The van der Waals surface area contributed by atoms with Crippen LogP contribution in [0.25, 0.3) is 11.2 Å². The molecule has 3 rings (SSSR count). The molecule has 0 unspecified atom stereocenters. The molecule has 0 fully saturated rings. The molecule has 0 spiro atoms. The molecule has 0 saturated heterocycles. The van der Waals surface area contributed by atoms with Crippen molar-refractivity contribution >= 4 is 17.0 Å². The Hall–Kier alpha value is -2.89. The molecule has 106 valence electrons. The quantitative estimate of drug-likeness (QED) is 0.684. The number of carbonyl (C=O) groups is 1. The molecule has 21 heavy (non-hydrogen) atoms. The number of ether oxygens (including phenoxy) is 1. The number of oxazole rings is 1. The summed E-state index contributed by atoms with van der Waals surface area (Å²) in [5.41, 5.74) is 1.12. The summed E-state index contributed by atoms with van der Waals surface area (Å²) in [7, 11) is 1.49. The van der Waals surface area contributed by atoms with Gasteiger partial charge in [0, 0.05) is 6.20 Å². The zero-order valence-electron chi connectivity index (χ0n) is 11.3. The fourth-order valence-corrected chi connectivity index (χ4v) is 2.14. The highest BCUT2D eigenvalue weighted by Crippen LogP contribution is 2.19. The number of aromatic nitrogens is 2. The minimum Gasteiger partial charge on any atom is -0.496 e. The van der Waals surface area contributed by atoms with Gasteiger partial charge in [0.2, 0.25) is 0 Å². The number of carbonyl (C=O) groups excluding carboxylic acids is 1. The van der Waals surface area contributed by atoms with E-state index in [0.29, 0.717) is 22.5 Å². The van der Waals surface area contributed by atoms with E-state index >= 15 is 0 Å². The molecule has 0 aliphatic carbocycles. The molecule has 1 aromatic carbocycles. The number of methoxy groups -OCH3 is 1. The van der Waals surface area contributed by atoms with Crippen LogP contribution in [0.3, 0.4) is 0 Å². The standard InChI is InChI=1S/C15H12N2O4/c1-20-12-6-3-2-5-10(12)11(18)9-17-14-13(21-15(17)19)7-4-8-16-14/h2-8H,9H2,1H3. The van der Waals surface area contributed by atoms with E-state index in [1.165, 1.54) is 11.7 Å². The molecule has 0 bridgehead atoms. The zero-order valence-corrected chi connectivity index (χ0v) is 11.3. The highest BCUT2D eigenvalue weighted by Gasteiger charge is 2.17. The Bertz CT molecular complexity index is 863. The molecule has 6 nitrogen and oxygen atoms in total. The van der Waals surface area contributed by atoms with E-state index in [0.717, 1.165) is 0 Å². The summed E-state index contributed by atoms with van der Waals surface area (Å²) in [6.07, 6.45) is 1.54. The molecular weight excluding hydrogens is 272 g/mol. The summed E-state index contributed by atoms with van der Waals surface area (Å²) < 4.78 is 11.4. The van der Waals surface area contributed by atoms with Crippen molar-refractivity contribution in [3.63, 3.8) is 0 Å². The van der Waals surface area contributed by atoms with Crippen LogP contribution in [0, 0.1) is 0 Å². The maximum Gasteiger partial charge on any atom is 0.421 e. The predicted molar refractivity (Wildman–Crippen MR) is 75.6 cm³/mol. The van der Waals surface area contributed by atoms with Gasteiger partial charge in [-0.05, 0) is 24.3 Å². The second kappa shape index (κ2) is 5.24. The first-order valence-electron chi connectivity index (χ1n) is 6.31. The average Bonchev–Trinajstić information content (AvgIpc) is 2.83. The summed E-state index contributed by atoms with van der Waals surface area (Å²) in [5, 5.41) is 0. The fourth-order valence-electron chi connectivity index (χ4n) is 2.14. The fraction of sp³-hybridized carbons (Fsp3) is 0.133. The first-order chi connectivity index (χ1) is 10.2. The van der Waals surface area contributed by atoms with Crippen molar-refractivity contribution in [2.45, 2.75) is 6.54 Å². The Kier molecular flexibility index (Phi) is 3.27. The van der Waals surface area contributed by atoms with E-state index in [1.807, 2.05) is 0 Å². The Labute approximate surface area is 119 Å². The van der Waals surface area contributed by atoms with Crippen molar-refractivity contribution in [1.82, 2.24) is 9.55 Å². The second-order valence-corrected chi connectivity index (χ2v) is 4.40. The van der Waals surface area contributed by atoms with Crippen LogP contribution in [0.1, 0.15) is 10.4 Å². The Morgan fingerprint density at radius 1 is 1.29 bits per heavy atom. The van der Waals surface area contributed by atoms with Gasteiger partial charge in [-0.25, -0.2) is 9.78 Å². The Morgan fingerprint density at radius 3 is 2.90 bits per heavy atom. The molecule has 0 radical (unpaired) electrons. The van der Waals surface area contributed by atoms with E-state index in [2.05, 4.69) is 4.98 Å². The average molecular weight is 284 g/mol. The summed E-state index contributed by atoms with van der Waals surface area (Å²) in [5.74, 6) is -0.383. The minimum atomic E-state index is -0.605. The smallest absolute Gasteiger partial charge is 0.421 e. The lowest BCUT2D eigenvalue weighted by Crippen LogP contribution is -2.20. The Balaban J connectivity index is 2.01. The summed E-state index contributed by atoms with van der Waals surface area (Å²) >= 11 is 0. The monoisotopic (exact) mass is 284 g/mol. The van der Waals surface area contributed by atoms with Crippen LogP contribution in [-0.2, 0) is 6.54 Å². The van der Waals surface area contributed by atoms with Crippen molar-refractivity contribution in [1.29, 1.82) is 0 Å². The van der Waals surface area contributed by atoms with Crippen LogP contribution in [-0.4, -0.2) is 22.4 Å². The molecular formula is C15H12N2O4. The molecule has 0 aliphatic rings. The number of nitrogens with zero attached hydrogens (tertiary/aromatic N) is 2. The molecule has 2 heterocycles. The molecule has 3 aromatic rings. The lowest BCUT2D eigenvalue weighted by atomic mass is 10.1. The number of rotatable bonds is 4. The highest BCUT2D eigenvalue weighted by atomic mass is 16.5. The number of fused-ring (bicyclic) bond motifs is 1. The summed E-state index contributed by atoms with van der Waals surface area (Å²) in [4.78, 5) is 28.3. The van der Waals surface area contributed by atoms with Crippen LogP contribution >= 0.6 is 0 Å². The molecule has 6 heteroatoms. The maximum absolute atomic E-state index is 12.4. The van der Waals surface area contributed by atoms with Crippen LogP contribution in [0.4, 0.5) is 0 Å². The third-order valence-electron chi connectivity index (χ3n) is 3.13. The van der Waals surface area contributed by atoms with E-state index in [-0.39, 0.29) is 12.3 Å².